The fourth-order valence-corrected chi connectivity index (χ4v) is 4.91. The quantitative estimate of drug-likeness (QED) is 0.849. The lowest BCUT2D eigenvalue weighted by molar-refractivity contribution is 0.345. The summed E-state index contributed by atoms with van der Waals surface area (Å²) in [7, 11) is -3.41. The molecule has 1 aromatic rings. The van der Waals surface area contributed by atoms with E-state index in [4.69, 9.17) is 0 Å². The zero-order valence-electron chi connectivity index (χ0n) is 13.8. The van der Waals surface area contributed by atoms with E-state index >= 15 is 0 Å². The molecule has 3 rings (SSSR count). The highest BCUT2D eigenvalue weighted by molar-refractivity contribution is 7.89. The fourth-order valence-electron chi connectivity index (χ4n) is 3.65. The molecule has 4 nitrogen and oxygen atoms in total. The third-order valence-corrected chi connectivity index (χ3v) is 6.70. The van der Waals surface area contributed by atoms with Crippen molar-refractivity contribution in [2.45, 2.75) is 74.9 Å². The van der Waals surface area contributed by atoms with Crippen molar-refractivity contribution in [3.05, 3.63) is 29.8 Å². The van der Waals surface area contributed by atoms with E-state index in [2.05, 4.69) is 23.9 Å². The van der Waals surface area contributed by atoms with E-state index in [0.29, 0.717) is 22.9 Å². The van der Waals surface area contributed by atoms with Crippen LogP contribution in [0.15, 0.2) is 29.2 Å². The predicted molar refractivity (Wildman–Crippen MR) is 95.7 cm³/mol. The van der Waals surface area contributed by atoms with Crippen molar-refractivity contribution in [3.63, 3.8) is 0 Å². The van der Waals surface area contributed by atoms with Crippen LogP contribution in [-0.2, 0) is 10.0 Å². The molecule has 2 heterocycles. The average molecular weight is 359 g/mol. The Morgan fingerprint density at radius 2 is 1.74 bits per heavy atom. The molecule has 3 atom stereocenters. The number of piperidine rings is 1. The number of nitrogens with one attached hydrogen (secondary N) is 2. The summed E-state index contributed by atoms with van der Waals surface area (Å²) in [5, 5.41) is 3.54. The summed E-state index contributed by atoms with van der Waals surface area (Å²) >= 11 is 0. The van der Waals surface area contributed by atoms with Gasteiger partial charge in [-0.25, -0.2) is 13.1 Å². The molecule has 2 N–H and O–H groups in total. The molecule has 3 unspecified atom stereocenters. The SMILES string of the molecule is CCC(C)c1ccc(S(=O)(=O)NC2CC3CCC(C2)N3)cc1.Cl. The first-order chi connectivity index (χ1) is 10.5. The van der Waals surface area contributed by atoms with Crippen LogP contribution in [0.2, 0.25) is 0 Å². The Morgan fingerprint density at radius 3 is 2.26 bits per heavy atom. The van der Waals surface area contributed by atoms with Gasteiger partial charge in [-0.15, -0.1) is 12.4 Å². The fraction of sp³-hybridized carbons (Fsp3) is 0.647. The number of rotatable bonds is 5. The van der Waals surface area contributed by atoms with Crippen LogP contribution in [0.4, 0.5) is 0 Å². The Hall–Kier alpha value is -0.620. The second kappa shape index (κ2) is 7.51. The Balaban J connectivity index is 0.00000192. The minimum Gasteiger partial charge on any atom is -0.311 e. The van der Waals surface area contributed by atoms with Gasteiger partial charge in [0.1, 0.15) is 0 Å². The van der Waals surface area contributed by atoms with Gasteiger partial charge in [0.15, 0.2) is 0 Å². The minimum atomic E-state index is -3.41. The highest BCUT2D eigenvalue weighted by Gasteiger charge is 2.35. The molecule has 23 heavy (non-hydrogen) atoms. The molecule has 0 radical (unpaired) electrons. The number of sulfonamides is 1. The molecule has 1 aromatic carbocycles. The van der Waals surface area contributed by atoms with E-state index in [1.807, 2.05) is 12.1 Å². The molecule has 130 valence electrons. The van der Waals surface area contributed by atoms with Gasteiger partial charge in [0.25, 0.3) is 0 Å². The van der Waals surface area contributed by atoms with Gasteiger partial charge in [-0.2, -0.15) is 0 Å². The van der Waals surface area contributed by atoms with Crippen molar-refractivity contribution in [1.82, 2.24) is 10.0 Å². The minimum absolute atomic E-state index is 0. The highest BCUT2D eigenvalue weighted by Crippen LogP contribution is 2.28. The molecule has 0 aromatic heterocycles. The molecule has 0 spiro atoms. The summed E-state index contributed by atoms with van der Waals surface area (Å²) in [4.78, 5) is 0.380. The number of halogens is 1. The molecule has 0 aliphatic carbocycles. The second-order valence-corrected chi connectivity index (χ2v) is 8.52. The van der Waals surface area contributed by atoms with Gasteiger partial charge in [0, 0.05) is 18.1 Å². The monoisotopic (exact) mass is 358 g/mol. The molecular weight excluding hydrogens is 332 g/mol. The Kier molecular flexibility index (Phi) is 6.11. The third kappa shape index (κ3) is 4.27. The summed E-state index contributed by atoms with van der Waals surface area (Å²) in [6.07, 6.45) is 5.21. The van der Waals surface area contributed by atoms with Crippen molar-refractivity contribution in [1.29, 1.82) is 0 Å². The van der Waals surface area contributed by atoms with Crippen LogP contribution in [0.5, 0.6) is 0 Å². The zero-order chi connectivity index (χ0) is 15.7. The molecule has 0 amide bonds. The first-order valence-corrected chi connectivity index (χ1v) is 9.84. The van der Waals surface area contributed by atoms with E-state index in [1.165, 1.54) is 18.4 Å². The molecule has 2 saturated heterocycles. The van der Waals surface area contributed by atoms with Crippen molar-refractivity contribution < 1.29 is 8.42 Å². The van der Waals surface area contributed by atoms with Crippen LogP contribution < -0.4 is 10.0 Å². The number of fused-ring (bicyclic) bond motifs is 2. The number of hydrogen-bond acceptors (Lipinski definition) is 3. The normalized spacial score (nSPS) is 28.2. The summed E-state index contributed by atoms with van der Waals surface area (Å²) in [5.74, 6) is 0.463. The van der Waals surface area contributed by atoms with Crippen LogP contribution >= 0.6 is 12.4 Å². The molecule has 6 heteroatoms. The average Bonchev–Trinajstić information content (AvgIpc) is 2.85. The van der Waals surface area contributed by atoms with Crippen molar-refractivity contribution in [2.24, 2.45) is 0 Å². The maximum Gasteiger partial charge on any atom is 0.240 e. The summed E-state index contributed by atoms with van der Waals surface area (Å²) in [5.41, 5.74) is 1.20. The maximum absolute atomic E-state index is 12.6. The predicted octanol–water partition coefficient (Wildman–Crippen LogP) is 3.18. The third-order valence-electron chi connectivity index (χ3n) is 5.17. The zero-order valence-corrected chi connectivity index (χ0v) is 15.4. The van der Waals surface area contributed by atoms with Gasteiger partial charge in [-0.1, -0.05) is 26.0 Å². The standard InChI is InChI=1S/C17H26N2O2S.ClH/c1-3-12(2)13-4-8-17(9-5-13)22(20,21)19-16-10-14-6-7-15(11-16)18-14;/h4-5,8-9,12,14-16,18-19H,3,6-7,10-11H2,1-2H3;1H. The lowest BCUT2D eigenvalue weighted by Crippen LogP contribution is -2.47. The molecule has 2 aliphatic rings. The maximum atomic E-state index is 12.6. The van der Waals surface area contributed by atoms with E-state index in [9.17, 15) is 8.42 Å². The summed E-state index contributed by atoms with van der Waals surface area (Å²) in [6, 6.07) is 8.39. The highest BCUT2D eigenvalue weighted by atomic mass is 35.5. The Bertz CT molecular complexity index is 606. The Labute approximate surface area is 145 Å². The van der Waals surface area contributed by atoms with Crippen molar-refractivity contribution in [2.75, 3.05) is 0 Å². The van der Waals surface area contributed by atoms with Gasteiger partial charge in [0.05, 0.1) is 4.90 Å². The van der Waals surface area contributed by atoms with Gasteiger partial charge in [0.2, 0.25) is 10.0 Å². The molecule has 2 fully saturated rings. The van der Waals surface area contributed by atoms with Gasteiger partial charge in [-0.05, 0) is 55.7 Å². The Morgan fingerprint density at radius 1 is 1.17 bits per heavy atom. The summed E-state index contributed by atoms with van der Waals surface area (Å²) in [6.45, 7) is 4.30. The van der Waals surface area contributed by atoms with Gasteiger partial charge >= 0.3 is 0 Å². The number of benzene rings is 1. The van der Waals surface area contributed by atoms with Crippen LogP contribution in [0, 0.1) is 0 Å². The number of hydrogen-bond donors (Lipinski definition) is 2. The van der Waals surface area contributed by atoms with E-state index in [-0.39, 0.29) is 18.4 Å². The molecular formula is C17H27ClN2O2S. The van der Waals surface area contributed by atoms with Crippen molar-refractivity contribution >= 4 is 22.4 Å². The van der Waals surface area contributed by atoms with Crippen LogP contribution in [0.25, 0.3) is 0 Å². The smallest absolute Gasteiger partial charge is 0.240 e. The lowest BCUT2D eigenvalue weighted by atomic mass is 9.99. The second-order valence-electron chi connectivity index (χ2n) is 6.81. The van der Waals surface area contributed by atoms with Crippen molar-refractivity contribution in [3.8, 4) is 0 Å². The summed E-state index contributed by atoms with van der Waals surface area (Å²) < 4.78 is 28.0. The van der Waals surface area contributed by atoms with E-state index in [0.717, 1.165) is 19.3 Å². The largest absolute Gasteiger partial charge is 0.311 e. The van der Waals surface area contributed by atoms with Crippen LogP contribution in [-0.4, -0.2) is 26.5 Å². The van der Waals surface area contributed by atoms with E-state index < -0.39 is 10.0 Å². The topological polar surface area (TPSA) is 58.2 Å². The van der Waals surface area contributed by atoms with E-state index in [1.54, 1.807) is 12.1 Å². The van der Waals surface area contributed by atoms with Gasteiger partial charge in [-0.3, -0.25) is 0 Å². The first kappa shape index (κ1) is 18.7. The van der Waals surface area contributed by atoms with Crippen LogP contribution in [0.3, 0.4) is 0 Å². The lowest BCUT2D eigenvalue weighted by Gasteiger charge is -2.29. The van der Waals surface area contributed by atoms with Gasteiger partial charge < -0.3 is 5.32 Å². The molecule has 0 saturated carbocycles. The van der Waals surface area contributed by atoms with Crippen LogP contribution in [0.1, 0.15) is 57.4 Å². The molecule has 2 bridgehead atoms. The first-order valence-electron chi connectivity index (χ1n) is 8.36. The molecule has 2 aliphatic heterocycles.